The van der Waals surface area contributed by atoms with E-state index in [1.807, 2.05) is 19.1 Å². The van der Waals surface area contributed by atoms with Gasteiger partial charge in [0.25, 0.3) is 0 Å². The van der Waals surface area contributed by atoms with Crippen LogP contribution in [0.25, 0.3) is 0 Å². The van der Waals surface area contributed by atoms with Crippen molar-refractivity contribution >= 4 is 15.7 Å². The molecule has 1 aromatic carbocycles. The second-order valence-corrected chi connectivity index (χ2v) is 6.86. The molecule has 1 aliphatic rings. The largest absolute Gasteiger partial charge is 0.383 e. The molecule has 0 saturated carbocycles. The number of rotatable bonds is 7. The first-order valence-corrected chi connectivity index (χ1v) is 8.67. The van der Waals surface area contributed by atoms with Crippen LogP contribution in [-0.2, 0) is 10.0 Å². The Bertz CT molecular complexity index is 508. The van der Waals surface area contributed by atoms with Crippen molar-refractivity contribution in [2.24, 2.45) is 0 Å². The van der Waals surface area contributed by atoms with Crippen LogP contribution >= 0.6 is 0 Å². The standard InChI is InChI=1S/C14H23N3O2S/c1-2-9-17-20(18,19)14-7-5-12(6-8-14)16-11-13-4-3-10-15-13/h5-8,13,15-17H,2-4,9-11H2,1H3. The molecule has 0 bridgehead atoms. The number of anilines is 1. The maximum Gasteiger partial charge on any atom is 0.240 e. The molecule has 1 atom stereocenters. The Morgan fingerprint density at radius 2 is 2.05 bits per heavy atom. The SMILES string of the molecule is CCCNS(=O)(=O)c1ccc(NCC2CCCN2)cc1. The summed E-state index contributed by atoms with van der Waals surface area (Å²) in [6.45, 7) is 4.37. The zero-order valence-corrected chi connectivity index (χ0v) is 12.7. The maximum absolute atomic E-state index is 11.9. The Morgan fingerprint density at radius 1 is 1.30 bits per heavy atom. The Balaban J connectivity index is 1.91. The van der Waals surface area contributed by atoms with Crippen LogP contribution in [0.4, 0.5) is 5.69 Å². The smallest absolute Gasteiger partial charge is 0.240 e. The van der Waals surface area contributed by atoms with Gasteiger partial charge in [0, 0.05) is 24.8 Å². The Morgan fingerprint density at radius 3 is 2.65 bits per heavy atom. The molecule has 20 heavy (non-hydrogen) atoms. The predicted molar refractivity (Wildman–Crippen MR) is 81.4 cm³/mol. The molecule has 1 saturated heterocycles. The minimum atomic E-state index is -3.36. The van der Waals surface area contributed by atoms with E-state index < -0.39 is 10.0 Å². The van der Waals surface area contributed by atoms with Crippen molar-refractivity contribution < 1.29 is 8.42 Å². The number of nitrogens with one attached hydrogen (secondary N) is 3. The van der Waals surface area contributed by atoms with E-state index in [1.54, 1.807) is 12.1 Å². The summed E-state index contributed by atoms with van der Waals surface area (Å²) < 4.78 is 26.4. The third kappa shape index (κ3) is 4.19. The van der Waals surface area contributed by atoms with Crippen LogP contribution in [0.2, 0.25) is 0 Å². The molecule has 1 heterocycles. The first-order valence-electron chi connectivity index (χ1n) is 7.19. The average Bonchev–Trinajstić information content (AvgIpc) is 2.97. The maximum atomic E-state index is 11.9. The summed E-state index contributed by atoms with van der Waals surface area (Å²) in [4.78, 5) is 0.315. The lowest BCUT2D eigenvalue weighted by Crippen LogP contribution is -2.29. The van der Waals surface area contributed by atoms with Gasteiger partial charge in [0.05, 0.1) is 4.90 Å². The van der Waals surface area contributed by atoms with Crippen molar-refractivity contribution in [3.8, 4) is 0 Å². The van der Waals surface area contributed by atoms with Crippen LogP contribution in [0.3, 0.4) is 0 Å². The molecule has 112 valence electrons. The van der Waals surface area contributed by atoms with Gasteiger partial charge in [0.2, 0.25) is 10.0 Å². The minimum absolute atomic E-state index is 0.315. The zero-order chi connectivity index (χ0) is 14.4. The van der Waals surface area contributed by atoms with Gasteiger partial charge in [-0.05, 0) is 50.1 Å². The molecule has 1 aromatic rings. The lowest BCUT2D eigenvalue weighted by molar-refractivity contribution is 0.581. The highest BCUT2D eigenvalue weighted by molar-refractivity contribution is 7.89. The van der Waals surface area contributed by atoms with Gasteiger partial charge in [-0.1, -0.05) is 6.92 Å². The fourth-order valence-electron chi connectivity index (χ4n) is 2.24. The molecule has 0 amide bonds. The van der Waals surface area contributed by atoms with E-state index in [-0.39, 0.29) is 0 Å². The van der Waals surface area contributed by atoms with Crippen LogP contribution in [0.15, 0.2) is 29.2 Å². The molecular formula is C14H23N3O2S. The first-order chi connectivity index (χ1) is 9.62. The van der Waals surface area contributed by atoms with E-state index in [4.69, 9.17) is 0 Å². The second-order valence-electron chi connectivity index (χ2n) is 5.10. The zero-order valence-electron chi connectivity index (χ0n) is 11.9. The van der Waals surface area contributed by atoms with Gasteiger partial charge in [-0.15, -0.1) is 0 Å². The molecule has 2 rings (SSSR count). The van der Waals surface area contributed by atoms with E-state index >= 15 is 0 Å². The van der Waals surface area contributed by atoms with Crippen molar-refractivity contribution in [3.63, 3.8) is 0 Å². The van der Waals surface area contributed by atoms with Crippen LogP contribution in [-0.4, -0.2) is 34.1 Å². The number of hydrogen-bond acceptors (Lipinski definition) is 4. The summed E-state index contributed by atoms with van der Waals surface area (Å²) in [5.41, 5.74) is 0.952. The van der Waals surface area contributed by atoms with E-state index in [2.05, 4.69) is 15.4 Å². The van der Waals surface area contributed by atoms with E-state index in [1.165, 1.54) is 12.8 Å². The Hall–Kier alpha value is -1.11. The molecule has 1 fully saturated rings. The quantitative estimate of drug-likeness (QED) is 0.714. The van der Waals surface area contributed by atoms with Crippen molar-refractivity contribution in [2.75, 3.05) is 25.0 Å². The van der Waals surface area contributed by atoms with Gasteiger partial charge in [-0.2, -0.15) is 0 Å². The van der Waals surface area contributed by atoms with Gasteiger partial charge in [0.1, 0.15) is 0 Å². The molecule has 1 unspecified atom stereocenters. The molecule has 0 aliphatic carbocycles. The fraction of sp³-hybridized carbons (Fsp3) is 0.571. The molecule has 1 aliphatic heterocycles. The van der Waals surface area contributed by atoms with Crippen LogP contribution in [0, 0.1) is 0 Å². The normalized spacial score (nSPS) is 19.1. The molecule has 0 spiro atoms. The van der Waals surface area contributed by atoms with Crippen LogP contribution in [0.1, 0.15) is 26.2 Å². The van der Waals surface area contributed by atoms with Gasteiger partial charge in [-0.25, -0.2) is 13.1 Å². The molecule has 6 heteroatoms. The van der Waals surface area contributed by atoms with E-state index in [0.717, 1.165) is 25.2 Å². The molecular weight excluding hydrogens is 274 g/mol. The van der Waals surface area contributed by atoms with Crippen LogP contribution < -0.4 is 15.4 Å². The monoisotopic (exact) mass is 297 g/mol. The highest BCUT2D eigenvalue weighted by Crippen LogP contribution is 2.14. The van der Waals surface area contributed by atoms with E-state index in [0.29, 0.717) is 17.5 Å². The second kappa shape index (κ2) is 7.06. The summed E-state index contributed by atoms with van der Waals surface area (Å²) in [5, 5.41) is 6.75. The van der Waals surface area contributed by atoms with Crippen molar-refractivity contribution in [3.05, 3.63) is 24.3 Å². The van der Waals surface area contributed by atoms with Gasteiger partial charge >= 0.3 is 0 Å². The Labute approximate surface area is 121 Å². The lowest BCUT2D eigenvalue weighted by atomic mass is 10.2. The van der Waals surface area contributed by atoms with Gasteiger partial charge in [-0.3, -0.25) is 0 Å². The number of benzene rings is 1. The summed E-state index contributed by atoms with van der Waals surface area (Å²) in [6, 6.07) is 7.43. The third-order valence-corrected chi connectivity index (χ3v) is 4.90. The predicted octanol–water partition coefficient (Wildman–Crippen LogP) is 1.54. The summed E-state index contributed by atoms with van der Waals surface area (Å²) in [6.07, 6.45) is 3.21. The molecule has 3 N–H and O–H groups in total. The summed E-state index contributed by atoms with van der Waals surface area (Å²) in [5.74, 6) is 0. The highest BCUT2D eigenvalue weighted by atomic mass is 32.2. The Kier molecular flexibility index (Phi) is 5.39. The lowest BCUT2D eigenvalue weighted by Gasteiger charge is -2.13. The molecule has 0 aromatic heterocycles. The topological polar surface area (TPSA) is 70.2 Å². The van der Waals surface area contributed by atoms with Crippen LogP contribution in [0.5, 0.6) is 0 Å². The van der Waals surface area contributed by atoms with E-state index in [9.17, 15) is 8.42 Å². The van der Waals surface area contributed by atoms with Crippen molar-refractivity contribution in [1.82, 2.24) is 10.0 Å². The summed E-state index contributed by atoms with van der Waals surface area (Å²) >= 11 is 0. The van der Waals surface area contributed by atoms with Gasteiger partial charge < -0.3 is 10.6 Å². The number of sulfonamides is 1. The molecule has 0 radical (unpaired) electrons. The van der Waals surface area contributed by atoms with Gasteiger partial charge in [0.15, 0.2) is 0 Å². The van der Waals surface area contributed by atoms with Crippen molar-refractivity contribution in [1.29, 1.82) is 0 Å². The number of hydrogen-bond donors (Lipinski definition) is 3. The first kappa shape index (κ1) is 15.3. The highest BCUT2D eigenvalue weighted by Gasteiger charge is 2.14. The third-order valence-electron chi connectivity index (χ3n) is 3.42. The molecule has 5 nitrogen and oxygen atoms in total. The van der Waals surface area contributed by atoms with Crippen molar-refractivity contribution in [2.45, 2.75) is 37.1 Å². The summed E-state index contributed by atoms with van der Waals surface area (Å²) in [7, 11) is -3.36. The average molecular weight is 297 g/mol. The fourth-order valence-corrected chi connectivity index (χ4v) is 3.38. The minimum Gasteiger partial charge on any atom is -0.383 e.